The number of furan rings is 1. The second-order valence-corrected chi connectivity index (χ2v) is 4.00. The summed E-state index contributed by atoms with van der Waals surface area (Å²) < 4.78 is 5.43. The van der Waals surface area contributed by atoms with Crippen LogP contribution < -0.4 is 0 Å². The highest BCUT2D eigenvalue weighted by atomic mass is 16.3. The number of aliphatic hydroxyl groups is 1. The average molecular weight is 224 g/mol. The maximum absolute atomic E-state index is 10.3. The van der Waals surface area contributed by atoms with Crippen LogP contribution in [-0.4, -0.2) is 5.11 Å². The van der Waals surface area contributed by atoms with Crippen LogP contribution in [0.2, 0.25) is 0 Å². The molecular weight excluding hydrogens is 212 g/mol. The molecule has 3 aromatic rings. The third-order valence-electron chi connectivity index (χ3n) is 2.92. The Balaban J connectivity index is 2.10. The predicted molar refractivity (Wildman–Crippen MR) is 66.7 cm³/mol. The molecule has 0 spiro atoms. The monoisotopic (exact) mass is 224 g/mol. The van der Waals surface area contributed by atoms with Crippen LogP contribution in [0.25, 0.3) is 11.0 Å². The molecular formula is C15H12O2. The lowest BCUT2D eigenvalue weighted by molar-refractivity contribution is 0.220. The van der Waals surface area contributed by atoms with Gasteiger partial charge in [0.25, 0.3) is 0 Å². The lowest BCUT2D eigenvalue weighted by Gasteiger charge is -2.08. The van der Waals surface area contributed by atoms with Gasteiger partial charge in [-0.3, -0.25) is 0 Å². The topological polar surface area (TPSA) is 33.4 Å². The first-order valence-corrected chi connectivity index (χ1v) is 5.55. The zero-order valence-electron chi connectivity index (χ0n) is 9.21. The van der Waals surface area contributed by atoms with Crippen LogP contribution in [0.5, 0.6) is 0 Å². The van der Waals surface area contributed by atoms with Crippen molar-refractivity contribution in [2.24, 2.45) is 0 Å². The largest absolute Gasteiger partial charge is 0.464 e. The smallest absolute Gasteiger partial charge is 0.134 e. The van der Waals surface area contributed by atoms with Gasteiger partial charge < -0.3 is 9.52 Å². The summed E-state index contributed by atoms with van der Waals surface area (Å²) in [6.45, 7) is 0. The molecule has 1 heterocycles. The van der Waals surface area contributed by atoms with Crippen molar-refractivity contribution < 1.29 is 9.52 Å². The Labute approximate surface area is 99.1 Å². The van der Waals surface area contributed by atoms with Gasteiger partial charge in [-0.1, -0.05) is 48.5 Å². The van der Waals surface area contributed by atoms with Gasteiger partial charge in [0.05, 0.1) is 6.26 Å². The number of benzene rings is 2. The van der Waals surface area contributed by atoms with E-state index in [1.165, 1.54) is 0 Å². The summed E-state index contributed by atoms with van der Waals surface area (Å²) in [5, 5.41) is 11.3. The minimum atomic E-state index is -0.639. The van der Waals surface area contributed by atoms with Gasteiger partial charge in [-0.25, -0.2) is 0 Å². The fraction of sp³-hybridized carbons (Fsp3) is 0.0667. The third-order valence-corrected chi connectivity index (χ3v) is 2.92. The van der Waals surface area contributed by atoms with E-state index in [2.05, 4.69) is 0 Å². The van der Waals surface area contributed by atoms with Gasteiger partial charge in [-0.2, -0.15) is 0 Å². The Morgan fingerprint density at radius 1 is 0.882 bits per heavy atom. The molecule has 0 aliphatic carbocycles. The van der Waals surface area contributed by atoms with E-state index >= 15 is 0 Å². The summed E-state index contributed by atoms with van der Waals surface area (Å²) >= 11 is 0. The van der Waals surface area contributed by atoms with E-state index in [9.17, 15) is 5.11 Å². The van der Waals surface area contributed by atoms with Gasteiger partial charge in [0.2, 0.25) is 0 Å². The van der Waals surface area contributed by atoms with Crippen molar-refractivity contribution in [2.75, 3.05) is 0 Å². The molecule has 1 unspecified atom stereocenters. The highest BCUT2D eigenvalue weighted by Gasteiger charge is 2.15. The van der Waals surface area contributed by atoms with Crippen LogP contribution in [-0.2, 0) is 0 Å². The Morgan fingerprint density at radius 3 is 2.41 bits per heavy atom. The van der Waals surface area contributed by atoms with Crippen LogP contribution in [0.4, 0.5) is 0 Å². The molecule has 0 saturated carbocycles. The van der Waals surface area contributed by atoms with Crippen molar-refractivity contribution in [3.8, 4) is 0 Å². The van der Waals surface area contributed by atoms with Crippen molar-refractivity contribution in [3.05, 3.63) is 72.0 Å². The second-order valence-electron chi connectivity index (χ2n) is 4.00. The molecule has 0 saturated heterocycles. The molecule has 0 aliphatic rings. The normalized spacial score (nSPS) is 12.8. The van der Waals surface area contributed by atoms with Gasteiger partial charge in [-0.05, 0) is 11.6 Å². The van der Waals surface area contributed by atoms with Crippen LogP contribution in [0.1, 0.15) is 17.2 Å². The quantitative estimate of drug-likeness (QED) is 0.722. The molecule has 1 aromatic heterocycles. The molecule has 0 fully saturated rings. The van der Waals surface area contributed by atoms with Crippen LogP contribution in [0.3, 0.4) is 0 Å². The first-order chi connectivity index (χ1) is 8.36. The van der Waals surface area contributed by atoms with Crippen molar-refractivity contribution in [2.45, 2.75) is 6.10 Å². The van der Waals surface area contributed by atoms with Gasteiger partial charge in [0.1, 0.15) is 11.7 Å². The highest BCUT2D eigenvalue weighted by molar-refractivity contribution is 5.81. The maximum Gasteiger partial charge on any atom is 0.134 e. The fourth-order valence-electron chi connectivity index (χ4n) is 2.02. The molecule has 2 heteroatoms. The van der Waals surface area contributed by atoms with Crippen LogP contribution >= 0.6 is 0 Å². The molecule has 2 aromatic carbocycles. The molecule has 0 radical (unpaired) electrons. The summed E-state index contributed by atoms with van der Waals surface area (Å²) in [6, 6.07) is 17.3. The summed E-state index contributed by atoms with van der Waals surface area (Å²) in [5.74, 6) is 0. The van der Waals surface area contributed by atoms with E-state index in [-0.39, 0.29) is 0 Å². The minimum Gasteiger partial charge on any atom is -0.464 e. The fourth-order valence-corrected chi connectivity index (χ4v) is 2.02. The van der Waals surface area contributed by atoms with E-state index in [0.29, 0.717) is 0 Å². The zero-order chi connectivity index (χ0) is 11.7. The van der Waals surface area contributed by atoms with Crippen LogP contribution in [0.15, 0.2) is 65.3 Å². The molecule has 1 N–H and O–H groups in total. The first kappa shape index (κ1) is 10.1. The number of hydrogen-bond acceptors (Lipinski definition) is 2. The summed E-state index contributed by atoms with van der Waals surface area (Å²) in [4.78, 5) is 0. The molecule has 84 valence electrons. The Morgan fingerprint density at radius 2 is 1.59 bits per heavy atom. The summed E-state index contributed by atoms with van der Waals surface area (Å²) in [7, 11) is 0. The summed E-state index contributed by atoms with van der Waals surface area (Å²) in [5.41, 5.74) is 2.49. The van der Waals surface area contributed by atoms with E-state index in [1.54, 1.807) is 6.26 Å². The Hall–Kier alpha value is -2.06. The third kappa shape index (κ3) is 1.73. The van der Waals surface area contributed by atoms with Gasteiger partial charge in [-0.15, -0.1) is 0 Å². The Kier molecular flexibility index (Phi) is 2.42. The number of aliphatic hydroxyl groups excluding tert-OH is 1. The van der Waals surface area contributed by atoms with Crippen molar-refractivity contribution in [1.82, 2.24) is 0 Å². The minimum absolute atomic E-state index is 0.639. The number of rotatable bonds is 2. The number of para-hydroxylation sites is 1. The maximum atomic E-state index is 10.3. The van der Waals surface area contributed by atoms with Crippen molar-refractivity contribution in [1.29, 1.82) is 0 Å². The molecule has 0 bridgehead atoms. The SMILES string of the molecule is OC(c1ccccc1)c1coc2ccccc12. The Bertz CT molecular complexity index is 625. The first-order valence-electron chi connectivity index (χ1n) is 5.55. The van der Waals surface area contributed by atoms with Crippen molar-refractivity contribution >= 4 is 11.0 Å². The number of fused-ring (bicyclic) bond motifs is 1. The second kappa shape index (κ2) is 4.07. The zero-order valence-corrected chi connectivity index (χ0v) is 9.21. The molecule has 1 atom stereocenters. The van der Waals surface area contributed by atoms with Crippen LogP contribution in [0, 0.1) is 0 Å². The van der Waals surface area contributed by atoms with E-state index in [0.717, 1.165) is 22.1 Å². The highest BCUT2D eigenvalue weighted by Crippen LogP contribution is 2.30. The molecule has 0 aliphatic heterocycles. The standard InChI is InChI=1S/C15H12O2/c16-15(11-6-2-1-3-7-11)13-10-17-14-9-5-4-8-12(13)14/h1-10,15-16H. The summed E-state index contributed by atoms with van der Waals surface area (Å²) in [6.07, 6.45) is 0.988. The van der Waals surface area contributed by atoms with Gasteiger partial charge in [0.15, 0.2) is 0 Å². The van der Waals surface area contributed by atoms with E-state index in [1.807, 2.05) is 54.6 Å². The van der Waals surface area contributed by atoms with Crippen molar-refractivity contribution in [3.63, 3.8) is 0 Å². The predicted octanol–water partition coefficient (Wildman–Crippen LogP) is 3.51. The number of hydrogen-bond donors (Lipinski definition) is 1. The molecule has 17 heavy (non-hydrogen) atoms. The molecule has 2 nitrogen and oxygen atoms in total. The lowest BCUT2D eigenvalue weighted by atomic mass is 10.0. The lowest BCUT2D eigenvalue weighted by Crippen LogP contribution is -1.97. The van der Waals surface area contributed by atoms with Gasteiger partial charge in [0, 0.05) is 10.9 Å². The molecule has 0 amide bonds. The van der Waals surface area contributed by atoms with E-state index < -0.39 is 6.10 Å². The molecule has 3 rings (SSSR count). The van der Waals surface area contributed by atoms with Gasteiger partial charge >= 0.3 is 0 Å². The average Bonchev–Trinajstić information content (AvgIpc) is 2.83. The van der Waals surface area contributed by atoms with E-state index in [4.69, 9.17) is 4.42 Å².